The number of nitrogens with one attached hydrogen (secondary N) is 1. The van der Waals surface area contributed by atoms with Crippen molar-refractivity contribution in [2.75, 3.05) is 7.05 Å². The van der Waals surface area contributed by atoms with Gasteiger partial charge in [0.1, 0.15) is 11.5 Å². The van der Waals surface area contributed by atoms with Gasteiger partial charge in [-0.25, -0.2) is 0 Å². The maximum Gasteiger partial charge on any atom is 0.127 e. The highest BCUT2D eigenvalue weighted by Gasteiger charge is 2.01. The van der Waals surface area contributed by atoms with Crippen LogP contribution in [0.4, 0.5) is 0 Å². The average molecular weight is 241 g/mol. The molecule has 2 aromatic rings. The second kappa shape index (κ2) is 5.69. The van der Waals surface area contributed by atoms with Crippen LogP contribution < -0.4 is 10.1 Å². The molecule has 2 rings (SSSR count). The average Bonchev–Trinajstić information content (AvgIpc) is 2.33. The van der Waals surface area contributed by atoms with Crippen LogP contribution in [0, 0.1) is 13.8 Å². The van der Waals surface area contributed by atoms with Crippen LogP contribution in [-0.4, -0.2) is 7.05 Å². The van der Waals surface area contributed by atoms with Gasteiger partial charge in [0, 0.05) is 6.54 Å². The molecule has 0 radical (unpaired) electrons. The SMILES string of the molecule is CNCc1ccc(Oc2cccc(C)c2)cc1C. The molecule has 0 unspecified atom stereocenters. The third kappa shape index (κ3) is 3.11. The number of rotatable bonds is 4. The zero-order valence-corrected chi connectivity index (χ0v) is 11.2. The molecule has 0 heterocycles. The van der Waals surface area contributed by atoms with E-state index in [4.69, 9.17) is 4.74 Å². The van der Waals surface area contributed by atoms with E-state index in [-0.39, 0.29) is 0 Å². The van der Waals surface area contributed by atoms with Gasteiger partial charge in [0.2, 0.25) is 0 Å². The summed E-state index contributed by atoms with van der Waals surface area (Å²) in [5, 5.41) is 3.16. The van der Waals surface area contributed by atoms with Gasteiger partial charge in [-0.15, -0.1) is 0 Å². The summed E-state index contributed by atoms with van der Waals surface area (Å²) in [4.78, 5) is 0. The molecule has 1 N–H and O–H groups in total. The lowest BCUT2D eigenvalue weighted by Gasteiger charge is -2.10. The van der Waals surface area contributed by atoms with Gasteiger partial charge in [0.05, 0.1) is 0 Å². The molecule has 0 aromatic heterocycles. The van der Waals surface area contributed by atoms with Crippen molar-refractivity contribution in [3.63, 3.8) is 0 Å². The molecule has 18 heavy (non-hydrogen) atoms. The second-order valence-electron chi connectivity index (χ2n) is 4.54. The highest BCUT2D eigenvalue weighted by molar-refractivity contribution is 5.38. The molecule has 2 heteroatoms. The second-order valence-corrected chi connectivity index (χ2v) is 4.54. The van der Waals surface area contributed by atoms with E-state index in [0.717, 1.165) is 18.0 Å². The first-order chi connectivity index (χ1) is 8.69. The van der Waals surface area contributed by atoms with Crippen molar-refractivity contribution >= 4 is 0 Å². The lowest BCUT2D eigenvalue weighted by atomic mass is 10.1. The predicted molar refractivity (Wildman–Crippen MR) is 75.2 cm³/mol. The molecule has 0 saturated carbocycles. The molecule has 0 aliphatic carbocycles. The Kier molecular flexibility index (Phi) is 4.00. The van der Waals surface area contributed by atoms with Crippen LogP contribution in [0.1, 0.15) is 16.7 Å². The van der Waals surface area contributed by atoms with E-state index in [2.05, 4.69) is 37.4 Å². The Hall–Kier alpha value is -1.80. The third-order valence-electron chi connectivity index (χ3n) is 2.91. The first-order valence-electron chi connectivity index (χ1n) is 6.17. The number of benzene rings is 2. The number of hydrogen-bond donors (Lipinski definition) is 1. The van der Waals surface area contributed by atoms with Crippen LogP contribution in [0.25, 0.3) is 0 Å². The molecule has 0 atom stereocenters. The molecular weight excluding hydrogens is 222 g/mol. The maximum atomic E-state index is 5.85. The van der Waals surface area contributed by atoms with Gasteiger partial charge in [0.25, 0.3) is 0 Å². The van der Waals surface area contributed by atoms with Crippen molar-refractivity contribution in [3.8, 4) is 11.5 Å². The van der Waals surface area contributed by atoms with Crippen LogP contribution in [0.3, 0.4) is 0 Å². The van der Waals surface area contributed by atoms with Gasteiger partial charge >= 0.3 is 0 Å². The van der Waals surface area contributed by atoms with Crippen molar-refractivity contribution in [2.24, 2.45) is 0 Å². The molecule has 0 saturated heterocycles. The van der Waals surface area contributed by atoms with Crippen molar-refractivity contribution in [1.29, 1.82) is 0 Å². The summed E-state index contributed by atoms with van der Waals surface area (Å²) in [6.07, 6.45) is 0. The van der Waals surface area contributed by atoms with E-state index in [1.807, 2.05) is 31.3 Å². The summed E-state index contributed by atoms with van der Waals surface area (Å²) in [6.45, 7) is 5.06. The van der Waals surface area contributed by atoms with Gasteiger partial charge < -0.3 is 10.1 Å². The van der Waals surface area contributed by atoms with Crippen LogP contribution in [-0.2, 0) is 6.54 Å². The first kappa shape index (κ1) is 12.7. The summed E-state index contributed by atoms with van der Waals surface area (Å²) in [7, 11) is 1.95. The molecular formula is C16H19NO. The first-order valence-corrected chi connectivity index (χ1v) is 6.17. The van der Waals surface area contributed by atoms with Crippen molar-refractivity contribution < 1.29 is 4.74 Å². The van der Waals surface area contributed by atoms with Crippen LogP contribution in [0.5, 0.6) is 11.5 Å². The fourth-order valence-electron chi connectivity index (χ4n) is 1.94. The number of hydrogen-bond acceptors (Lipinski definition) is 2. The summed E-state index contributed by atoms with van der Waals surface area (Å²) in [5.74, 6) is 1.77. The summed E-state index contributed by atoms with van der Waals surface area (Å²) in [5.41, 5.74) is 3.75. The van der Waals surface area contributed by atoms with Crippen molar-refractivity contribution in [2.45, 2.75) is 20.4 Å². The maximum absolute atomic E-state index is 5.85. The molecule has 94 valence electrons. The predicted octanol–water partition coefficient (Wildman–Crippen LogP) is 3.82. The Morgan fingerprint density at radius 1 is 1.00 bits per heavy atom. The topological polar surface area (TPSA) is 21.3 Å². The van der Waals surface area contributed by atoms with E-state index >= 15 is 0 Å². The number of aryl methyl sites for hydroxylation is 2. The quantitative estimate of drug-likeness (QED) is 0.878. The van der Waals surface area contributed by atoms with Crippen LogP contribution in [0.15, 0.2) is 42.5 Å². The molecule has 0 spiro atoms. The van der Waals surface area contributed by atoms with Gasteiger partial charge in [-0.05, 0) is 61.9 Å². The zero-order chi connectivity index (χ0) is 13.0. The minimum absolute atomic E-state index is 0.885. The van der Waals surface area contributed by atoms with Crippen molar-refractivity contribution in [1.82, 2.24) is 5.32 Å². The molecule has 0 amide bonds. The van der Waals surface area contributed by atoms with E-state index in [9.17, 15) is 0 Å². The molecule has 0 fully saturated rings. The summed E-state index contributed by atoms with van der Waals surface area (Å²) >= 11 is 0. The Bertz CT molecular complexity index is 534. The zero-order valence-electron chi connectivity index (χ0n) is 11.2. The molecule has 0 bridgehead atoms. The lowest BCUT2D eigenvalue weighted by Crippen LogP contribution is -2.06. The van der Waals surface area contributed by atoms with E-state index in [1.165, 1.54) is 16.7 Å². The van der Waals surface area contributed by atoms with E-state index < -0.39 is 0 Å². The highest BCUT2D eigenvalue weighted by atomic mass is 16.5. The summed E-state index contributed by atoms with van der Waals surface area (Å²) < 4.78 is 5.85. The standard InChI is InChI=1S/C16H19NO/c1-12-5-4-6-15(9-12)18-16-8-7-14(11-17-3)13(2)10-16/h4-10,17H,11H2,1-3H3. The highest BCUT2D eigenvalue weighted by Crippen LogP contribution is 2.24. The Labute approximate surface area is 109 Å². The fraction of sp³-hybridized carbons (Fsp3) is 0.250. The van der Waals surface area contributed by atoms with Gasteiger partial charge in [-0.2, -0.15) is 0 Å². The minimum atomic E-state index is 0.885. The Morgan fingerprint density at radius 3 is 2.44 bits per heavy atom. The smallest absolute Gasteiger partial charge is 0.127 e. The van der Waals surface area contributed by atoms with Crippen molar-refractivity contribution in [3.05, 3.63) is 59.2 Å². The largest absolute Gasteiger partial charge is 0.457 e. The number of ether oxygens (including phenoxy) is 1. The van der Waals surface area contributed by atoms with Crippen LogP contribution in [0.2, 0.25) is 0 Å². The Morgan fingerprint density at radius 2 is 1.78 bits per heavy atom. The molecule has 2 aromatic carbocycles. The monoisotopic (exact) mass is 241 g/mol. The Balaban J connectivity index is 2.17. The third-order valence-corrected chi connectivity index (χ3v) is 2.91. The van der Waals surface area contributed by atoms with Gasteiger partial charge in [0.15, 0.2) is 0 Å². The minimum Gasteiger partial charge on any atom is -0.457 e. The molecule has 0 aliphatic heterocycles. The van der Waals surface area contributed by atoms with E-state index in [0.29, 0.717) is 0 Å². The molecule has 2 nitrogen and oxygen atoms in total. The van der Waals surface area contributed by atoms with Crippen LogP contribution >= 0.6 is 0 Å². The normalized spacial score (nSPS) is 10.4. The fourth-order valence-corrected chi connectivity index (χ4v) is 1.94. The van der Waals surface area contributed by atoms with E-state index in [1.54, 1.807) is 0 Å². The molecule has 0 aliphatic rings. The van der Waals surface area contributed by atoms with Gasteiger partial charge in [-0.3, -0.25) is 0 Å². The van der Waals surface area contributed by atoms with Gasteiger partial charge in [-0.1, -0.05) is 18.2 Å². The summed E-state index contributed by atoms with van der Waals surface area (Å²) in [6, 6.07) is 14.3. The lowest BCUT2D eigenvalue weighted by molar-refractivity contribution is 0.481.